The number of aliphatic carboxylic acids is 1. The average Bonchev–Trinajstić information content (AvgIpc) is 3.31. The van der Waals surface area contributed by atoms with Gasteiger partial charge in [-0.25, -0.2) is 9.80 Å². The Balaban J connectivity index is 1.79. The third-order valence-electron chi connectivity index (χ3n) is 6.18. The molecule has 0 aliphatic carbocycles. The van der Waals surface area contributed by atoms with Gasteiger partial charge in [0.05, 0.1) is 33.0 Å². The molecule has 0 unspecified atom stereocenters. The molecule has 0 aliphatic heterocycles. The van der Waals surface area contributed by atoms with Crippen molar-refractivity contribution >= 4 is 41.1 Å². The summed E-state index contributed by atoms with van der Waals surface area (Å²) < 4.78 is 12.7. The van der Waals surface area contributed by atoms with Crippen molar-refractivity contribution in [2.24, 2.45) is 0 Å². The van der Waals surface area contributed by atoms with Crippen LogP contribution in [-0.2, 0) is 41.7 Å². The van der Waals surface area contributed by atoms with E-state index in [2.05, 4.69) is 32.0 Å². The summed E-state index contributed by atoms with van der Waals surface area (Å²) in [6.45, 7) is 2.28. The van der Waals surface area contributed by atoms with Crippen molar-refractivity contribution in [2.45, 2.75) is 38.4 Å². The Bertz CT molecular complexity index is 1170. The van der Waals surface area contributed by atoms with Crippen LogP contribution in [0.5, 0.6) is 0 Å². The summed E-state index contributed by atoms with van der Waals surface area (Å²) in [6.07, 6.45) is 0.0522. The fourth-order valence-electron chi connectivity index (χ4n) is 4.03. The van der Waals surface area contributed by atoms with E-state index in [1.54, 1.807) is 0 Å². The zero-order valence-electron chi connectivity index (χ0n) is 24.0. The third-order valence-corrected chi connectivity index (χ3v) is 6.18. The second-order valence-corrected chi connectivity index (χ2v) is 9.26. The van der Waals surface area contributed by atoms with Crippen LogP contribution in [0.15, 0.2) is 30.3 Å². The average molecular weight is 592 g/mol. The highest BCUT2D eigenvalue weighted by Crippen LogP contribution is 2.21. The van der Waals surface area contributed by atoms with E-state index < -0.39 is 23.9 Å². The number of urea groups is 1. The molecule has 15 heteroatoms. The Morgan fingerprint density at radius 2 is 1.71 bits per heavy atom. The monoisotopic (exact) mass is 591 g/mol. The van der Waals surface area contributed by atoms with E-state index in [0.717, 1.165) is 16.6 Å². The number of aromatic nitrogens is 1. The zero-order valence-corrected chi connectivity index (χ0v) is 24.0. The van der Waals surface area contributed by atoms with Crippen molar-refractivity contribution < 1.29 is 38.6 Å². The fourth-order valence-corrected chi connectivity index (χ4v) is 4.03. The number of para-hydroxylation sites is 1. The molecule has 6 N–H and O–H groups in total. The van der Waals surface area contributed by atoms with Gasteiger partial charge in [-0.2, -0.15) is 0 Å². The number of hydrazine groups is 1. The fraction of sp³-hybridized carbons (Fsp3) is 0.519. The van der Waals surface area contributed by atoms with Crippen LogP contribution in [0, 0.1) is 0 Å². The molecule has 5 amide bonds. The highest BCUT2D eigenvalue weighted by molar-refractivity contribution is 5.88. The number of rotatable bonds is 21. The van der Waals surface area contributed by atoms with E-state index >= 15 is 0 Å². The van der Waals surface area contributed by atoms with Crippen LogP contribution in [0.3, 0.4) is 0 Å². The lowest BCUT2D eigenvalue weighted by Crippen LogP contribution is -2.47. The van der Waals surface area contributed by atoms with Crippen LogP contribution in [0.2, 0.25) is 0 Å². The maximum absolute atomic E-state index is 12.9. The smallest absolute Gasteiger partial charge is 0.321 e. The number of hydrogen-bond donors (Lipinski definition) is 6. The zero-order chi connectivity index (χ0) is 30.7. The van der Waals surface area contributed by atoms with Crippen molar-refractivity contribution in [3.8, 4) is 0 Å². The van der Waals surface area contributed by atoms with Gasteiger partial charge in [0, 0.05) is 50.7 Å². The Kier molecular flexibility index (Phi) is 15.6. The van der Waals surface area contributed by atoms with Gasteiger partial charge < -0.3 is 35.1 Å². The van der Waals surface area contributed by atoms with Gasteiger partial charge in [0.2, 0.25) is 18.2 Å². The molecule has 0 spiro atoms. The van der Waals surface area contributed by atoms with E-state index in [4.69, 9.17) is 14.6 Å². The molecule has 0 aliphatic rings. The molecule has 2 rings (SSSR count). The van der Waals surface area contributed by atoms with Gasteiger partial charge in [-0.3, -0.25) is 29.9 Å². The summed E-state index contributed by atoms with van der Waals surface area (Å²) in [7, 11) is 3.74. The maximum atomic E-state index is 12.9. The molecule has 1 atom stereocenters. The van der Waals surface area contributed by atoms with Crippen LogP contribution >= 0.6 is 0 Å². The van der Waals surface area contributed by atoms with Crippen LogP contribution < -0.4 is 26.7 Å². The number of fused-ring (bicyclic) bond motifs is 1. The molecule has 1 aromatic carbocycles. The van der Waals surface area contributed by atoms with Gasteiger partial charge >= 0.3 is 12.0 Å². The number of carboxylic acid groups (broad SMARTS) is 1. The molecular weight excluding hydrogens is 550 g/mol. The first-order chi connectivity index (χ1) is 20.2. The maximum Gasteiger partial charge on any atom is 0.321 e. The van der Waals surface area contributed by atoms with Crippen molar-refractivity contribution in [2.75, 3.05) is 53.6 Å². The largest absolute Gasteiger partial charge is 0.481 e. The van der Waals surface area contributed by atoms with Crippen molar-refractivity contribution in [3.63, 3.8) is 0 Å². The second kappa shape index (κ2) is 19.1. The highest BCUT2D eigenvalue weighted by atomic mass is 16.5. The number of ether oxygens (including phenoxy) is 2. The lowest BCUT2D eigenvalue weighted by Gasteiger charge is -2.19. The van der Waals surface area contributed by atoms with Crippen LogP contribution in [0.25, 0.3) is 10.9 Å². The van der Waals surface area contributed by atoms with Gasteiger partial charge in [0.25, 0.3) is 0 Å². The van der Waals surface area contributed by atoms with E-state index in [9.17, 15) is 24.0 Å². The summed E-state index contributed by atoms with van der Waals surface area (Å²) >= 11 is 0. The predicted octanol–water partition coefficient (Wildman–Crippen LogP) is -0.448. The first-order valence-corrected chi connectivity index (χ1v) is 13.6. The summed E-state index contributed by atoms with van der Waals surface area (Å²) in [5.41, 5.74) is 5.08. The molecule has 0 bridgehead atoms. The number of benzene rings is 1. The molecule has 0 saturated carbocycles. The van der Waals surface area contributed by atoms with Gasteiger partial charge in [-0.15, -0.1) is 0 Å². The number of carbonyl (C=O) groups is 5. The molecule has 0 saturated heterocycles. The van der Waals surface area contributed by atoms with Gasteiger partial charge in [0.15, 0.2) is 0 Å². The molecule has 15 nitrogen and oxygen atoms in total. The van der Waals surface area contributed by atoms with Gasteiger partial charge in [0.1, 0.15) is 6.04 Å². The predicted molar refractivity (Wildman–Crippen MR) is 153 cm³/mol. The number of nitrogens with one attached hydrogen (secondary N) is 5. The minimum Gasteiger partial charge on any atom is -0.481 e. The molecule has 0 fully saturated rings. The van der Waals surface area contributed by atoms with Gasteiger partial charge in [-0.05, 0) is 31.0 Å². The lowest BCUT2D eigenvalue weighted by molar-refractivity contribution is -0.138. The normalized spacial score (nSPS) is 11.7. The Labute approximate surface area is 244 Å². The van der Waals surface area contributed by atoms with Crippen LogP contribution in [0.4, 0.5) is 4.79 Å². The van der Waals surface area contributed by atoms with E-state index in [0.29, 0.717) is 13.1 Å². The number of carboxylic acids is 1. The number of imide groups is 1. The summed E-state index contributed by atoms with van der Waals surface area (Å²) in [6, 6.07) is 8.35. The van der Waals surface area contributed by atoms with E-state index in [1.807, 2.05) is 48.7 Å². The van der Waals surface area contributed by atoms with Gasteiger partial charge in [-0.1, -0.05) is 18.2 Å². The van der Waals surface area contributed by atoms with Crippen molar-refractivity contribution in [1.82, 2.24) is 36.3 Å². The first-order valence-electron chi connectivity index (χ1n) is 13.6. The SMILES string of the molecule is CNN(C)Cc1cc2ccccc2n1CCC(=O)N[C@@H](CCC(=O)O)C(=O)NCCOCCOCCNC(=O)NC=O. The standard InChI is InChI=1S/C27H41N7O8/c1-28-33(2)18-21-17-20-5-3-4-6-23(20)34(21)12-9-24(36)32-22(7-8-25(37)38)26(39)29-10-13-41-15-16-42-14-11-30-27(40)31-19-35/h3-6,17,19,22,28H,7-16,18H2,1-2H3,(H,29,39)(H,32,36)(H,37,38)(H2,30,31,35,40)/t22-/m0/s1. The van der Waals surface area contributed by atoms with Crippen molar-refractivity contribution in [3.05, 3.63) is 36.0 Å². The van der Waals surface area contributed by atoms with E-state index in [-0.39, 0.29) is 71.1 Å². The topological polar surface area (TPSA) is 192 Å². The molecule has 0 radical (unpaired) electrons. The van der Waals surface area contributed by atoms with Crippen LogP contribution in [-0.4, -0.2) is 105 Å². The molecular formula is C27H41N7O8. The first kappa shape index (κ1) is 34.2. The number of carbonyl (C=O) groups excluding carboxylic acids is 4. The Morgan fingerprint density at radius 3 is 2.38 bits per heavy atom. The third kappa shape index (κ3) is 12.6. The summed E-state index contributed by atoms with van der Waals surface area (Å²) in [5, 5.41) is 21.8. The summed E-state index contributed by atoms with van der Waals surface area (Å²) in [5.74, 6) is -1.92. The molecule has 1 heterocycles. The number of nitrogens with zero attached hydrogens (tertiary/aromatic N) is 2. The van der Waals surface area contributed by atoms with E-state index in [1.165, 1.54) is 0 Å². The summed E-state index contributed by atoms with van der Waals surface area (Å²) in [4.78, 5) is 57.9. The molecule has 2 aromatic rings. The Morgan fingerprint density at radius 1 is 1.02 bits per heavy atom. The second-order valence-electron chi connectivity index (χ2n) is 9.26. The van der Waals surface area contributed by atoms with Crippen molar-refractivity contribution in [1.29, 1.82) is 0 Å². The minimum atomic E-state index is -1.07. The molecule has 232 valence electrons. The minimum absolute atomic E-state index is 0.0504. The number of hydrogen-bond acceptors (Lipinski definition) is 9. The molecule has 42 heavy (non-hydrogen) atoms. The number of amides is 5. The van der Waals surface area contributed by atoms with Crippen LogP contribution in [0.1, 0.15) is 25.0 Å². The number of aryl methyl sites for hydroxylation is 1. The highest BCUT2D eigenvalue weighted by Gasteiger charge is 2.22. The molecule has 1 aromatic heterocycles. The Hall–Kier alpha value is -4.05. The lowest BCUT2D eigenvalue weighted by atomic mass is 10.1. The quantitative estimate of drug-likeness (QED) is 0.0630.